The largest absolute Gasteiger partial charge is 0.394 e. The van der Waals surface area contributed by atoms with Gasteiger partial charge in [0.1, 0.15) is 6.04 Å². The number of nitrogens with two attached hydrogens (primary N) is 2. The smallest absolute Gasteiger partial charge is 0.242 e. The summed E-state index contributed by atoms with van der Waals surface area (Å²) in [6, 6.07) is -0.494. The fourth-order valence-corrected chi connectivity index (χ4v) is 1.81. The van der Waals surface area contributed by atoms with Gasteiger partial charge in [-0.15, -0.1) is 0 Å². The van der Waals surface area contributed by atoms with E-state index in [4.69, 9.17) is 16.2 Å². The monoisotopic (exact) mass is 225 g/mol. The molecular formula is C9H15N5O2. The van der Waals surface area contributed by atoms with Crippen molar-refractivity contribution in [1.29, 1.82) is 0 Å². The van der Waals surface area contributed by atoms with E-state index in [0.717, 1.165) is 0 Å². The minimum atomic E-state index is -0.494. The molecule has 1 aliphatic rings. The van der Waals surface area contributed by atoms with Gasteiger partial charge in [0, 0.05) is 19.8 Å². The van der Waals surface area contributed by atoms with Crippen LogP contribution in [0.2, 0.25) is 0 Å². The number of nitrogens with zero attached hydrogens (tertiary/aromatic N) is 3. The fourth-order valence-electron chi connectivity index (χ4n) is 1.81. The molecule has 2 rings (SSSR count). The molecule has 1 unspecified atom stereocenters. The highest BCUT2D eigenvalue weighted by atomic mass is 16.5. The van der Waals surface area contributed by atoms with Gasteiger partial charge in [0.25, 0.3) is 0 Å². The Labute approximate surface area is 92.9 Å². The summed E-state index contributed by atoms with van der Waals surface area (Å²) in [4.78, 5) is 13.1. The van der Waals surface area contributed by atoms with Gasteiger partial charge in [-0.05, 0) is 0 Å². The number of amides is 1. The number of primary amides is 1. The van der Waals surface area contributed by atoms with Gasteiger partial charge in [-0.25, -0.2) is 0 Å². The van der Waals surface area contributed by atoms with Crippen LogP contribution in [0.3, 0.4) is 0 Å². The number of carbonyl (C=O) groups is 1. The van der Waals surface area contributed by atoms with Gasteiger partial charge in [-0.2, -0.15) is 5.10 Å². The van der Waals surface area contributed by atoms with E-state index in [2.05, 4.69) is 5.10 Å². The molecule has 0 aromatic carbocycles. The molecule has 0 bridgehead atoms. The first kappa shape index (κ1) is 10.7. The van der Waals surface area contributed by atoms with Crippen molar-refractivity contribution in [3.05, 3.63) is 6.20 Å². The summed E-state index contributed by atoms with van der Waals surface area (Å²) in [6.07, 6.45) is 1.70. The summed E-state index contributed by atoms with van der Waals surface area (Å²) in [6.45, 7) is 1.39. The molecule has 0 spiro atoms. The van der Waals surface area contributed by atoms with Crippen LogP contribution in [0.5, 0.6) is 0 Å². The molecular weight excluding hydrogens is 210 g/mol. The van der Waals surface area contributed by atoms with Crippen LogP contribution in [0.1, 0.15) is 0 Å². The Morgan fingerprint density at radius 3 is 3.00 bits per heavy atom. The van der Waals surface area contributed by atoms with Crippen LogP contribution >= 0.6 is 0 Å². The normalized spacial score (nSPS) is 21.1. The maximum absolute atomic E-state index is 11.3. The predicted molar refractivity (Wildman–Crippen MR) is 58.8 cm³/mol. The van der Waals surface area contributed by atoms with E-state index in [-0.39, 0.29) is 6.61 Å². The third kappa shape index (κ3) is 1.81. The zero-order valence-electron chi connectivity index (χ0n) is 9.09. The standard InChI is InChI=1S/C9H15N5O2/c1-13-4-6(10)9(12-13)14-2-3-16-5-7(14)8(11)15/h4,7H,2-3,5,10H2,1H3,(H2,11,15). The van der Waals surface area contributed by atoms with E-state index >= 15 is 0 Å². The van der Waals surface area contributed by atoms with Crippen LogP contribution in [-0.2, 0) is 16.6 Å². The van der Waals surface area contributed by atoms with Gasteiger partial charge in [0.05, 0.1) is 18.9 Å². The van der Waals surface area contributed by atoms with Crippen LogP contribution in [-0.4, -0.2) is 41.5 Å². The predicted octanol–water partition coefficient (Wildman–Crippen LogP) is -1.31. The Bertz CT molecular complexity index is 403. The average Bonchev–Trinajstić information content (AvgIpc) is 2.57. The lowest BCUT2D eigenvalue weighted by Gasteiger charge is -2.33. The number of rotatable bonds is 2. The van der Waals surface area contributed by atoms with E-state index in [9.17, 15) is 4.79 Å². The molecule has 1 fully saturated rings. The van der Waals surface area contributed by atoms with Crippen molar-refractivity contribution in [2.24, 2.45) is 12.8 Å². The highest BCUT2D eigenvalue weighted by molar-refractivity contribution is 5.84. The number of aryl methyl sites for hydroxylation is 1. The maximum Gasteiger partial charge on any atom is 0.242 e. The van der Waals surface area contributed by atoms with E-state index in [1.807, 2.05) is 0 Å². The summed E-state index contributed by atoms with van der Waals surface area (Å²) >= 11 is 0. The number of morpholine rings is 1. The van der Waals surface area contributed by atoms with Crippen LogP contribution in [0, 0.1) is 0 Å². The van der Waals surface area contributed by atoms with E-state index in [1.54, 1.807) is 22.8 Å². The number of nitrogen functional groups attached to an aromatic ring is 1. The minimum absolute atomic E-state index is 0.283. The van der Waals surface area contributed by atoms with Gasteiger partial charge in [0.2, 0.25) is 5.91 Å². The van der Waals surface area contributed by atoms with Crippen LogP contribution in [0.15, 0.2) is 6.20 Å². The molecule has 1 saturated heterocycles. The lowest BCUT2D eigenvalue weighted by molar-refractivity contribution is -0.121. The van der Waals surface area contributed by atoms with Gasteiger partial charge in [0.15, 0.2) is 5.82 Å². The van der Waals surface area contributed by atoms with Crippen molar-refractivity contribution in [3.8, 4) is 0 Å². The zero-order chi connectivity index (χ0) is 11.7. The molecule has 1 amide bonds. The Morgan fingerprint density at radius 2 is 2.44 bits per heavy atom. The molecule has 0 aliphatic carbocycles. The van der Waals surface area contributed by atoms with Crippen molar-refractivity contribution in [2.45, 2.75) is 6.04 Å². The van der Waals surface area contributed by atoms with E-state index in [1.165, 1.54) is 0 Å². The highest BCUT2D eigenvalue weighted by Gasteiger charge is 2.30. The fraction of sp³-hybridized carbons (Fsp3) is 0.556. The molecule has 7 heteroatoms. The first-order valence-corrected chi connectivity index (χ1v) is 5.02. The van der Waals surface area contributed by atoms with Crippen LogP contribution in [0.4, 0.5) is 11.5 Å². The number of anilines is 2. The highest BCUT2D eigenvalue weighted by Crippen LogP contribution is 2.23. The third-order valence-electron chi connectivity index (χ3n) is 2.57. The first-order valence-electron chi connectivity index (χ1n) is 5.02. The van der Waals surface area contributed by atoms with Gasteiger partial charge in [-0.3, -0.25) is 9.48 Å². The van der Waals surface area contributed by atoms with Crippen LogP contribution in [0.25, 0.3) is 0 Å². The molecule has 1 aromatic heterocycles. The van der Waals surface area contributed by atoms with Crippen LogP contribution < -0.4 is 16.4 Å². The summed E-state index contributed by atoms with van der Waals surface area (Å²) in [5.41, 5.74) is 11.7. The maximum atomic E-state index is 11.3. The number of hydrogen-bond donors (Lipinski definition) is 2. The van der Waals surface area contributed by atoms with Crippen molar-refractivity contribution >= 4 is 17.4 Å². The first-order chi connectivity index (χ1) is 7.59. The Kier molecular flexibility index (Phi) is 2.69. The molecule has 88 valence electrons. The second-order valence-corrected chi connectivity index (χ2v) is 3.77. The summed E-state index contributed by atoms with van der Waals surface area (Å²) < 4.78 is 6.83. The summed E-state index contributed by atoms with van der Waals surface area (Å²) in [5.74, 6) is 0.166. The molecule has 0 saturated carbocycles. The number of carbonyl (C=O) groups excluding carboxylic acids is 1. The molecule has 4 N–H and O–H groups in total. The Morgan fingerprint density at radius 1 is 1.69 bits per heavy atom. The molecule has 1 aliphatic heterocycles. The minimum Gasteiger partial charge on any atom is -0.394 e. The van der Waals surface area contributed by atoms with Gasteiger partial charge < -0.3 is 21.1 Å². The van der Waals surface area contributed by atoms with Crippen molar-refractivity contribution in [3.63, 3.8) is 0 Å². The molecule has 16 heavy (non-hydrogen) atoms. The topological polar surface area (TPSA) is 99.4 Å². The number of aromatic nitrogens is 2. The lowest BCUT2D eigenvalue weighted by atomic mass is 10.2. The summed E-state index contributed by atoms with van der Waals surface area (Å²) in [5, 5.41) is 4.22. The molecule has 0 radical (unpaired) electrons. The number of hydrogen-bond acceptors (Lipinski definition) is 5. The molecule has 1 aromatic rings. The van der Waals surface area contributed by atoms with Crippen molar-refractivity contribution in [2.75, 3.05) is 30.4 Å². The van der Waals surface area contributed by atoms with Gasteiger partial charge in [-0.1, -0.05) is 0 Å². The van der Waals surface area contributed by atoms with E-state index < -0.39 is 11.9 Å². The SMILES string of the molecule is Cn1cc(N)c(N2CCOCC2C(N)=O)n1. The lowest BCUT2D eigenvalue weighted by Crippen LogP contribution is -2.53. The Hall–Kier alpha value is -1.76. The Balaban J connectivity index is 2.29. The average molecular weight is 225 g/mol. The number of ether oxygens (including phenoxy) is 1. The van der Waals surface area contributed by atoms with E-state index in [0.29, 0.717) is 24.7 Å². The molecule has 2 heterocycles. The van der Waals surface area contributed by atoms with Gasteiger partial charge >= 0.3 is 0 Å². The second-order valence-electron chi connectivity index (χ2n) is 3.77. The summed E-state index contributed by atoms with van der Waals surface area (Å²) in [7, 11) is 1.78. The zero-order valence-corrected chi connectivity index (χ0v) is 9.09. The third-order valence-corrected chi connectivity index (χ3v) is 2.57. The van der Waals surface area contributed by atoms with Crippen molar-refractivity contribution < 1.29 is 9.53 Å². The van der Waals surface area contributed by atoms with Crippen molar-refractivity contribution in [1.82, 2.24) is 9.78 Å². The molecule has 1 atom stereocenters. The second kappa shape index (κ2) is 4.01. The quantitative estimate of drug-likeness (QED) is 0.651. The molecule has 7 nitrogen and oxygen atoms in total.